The van der Waals surface area contributed by atoms with Crippen LogP contribution in [-0.2, 0) is 0 Å². The van der Waals surface area contributed by atoms with Crippen LogP contribution in [-0.4, -0.2) is 4.98 Å². The lowest BCUT2D eigenvalue weighted by Crippen LogP contribution is -1.84. The molecule has 1 aromatic rings. The Kier molecular flexibility index (Phi) is 3.89. The van der Waals surface area contributed by atoms with Gasteiger partial charge in [-0.3, -0.25) is 4.98 Å². The van der Waals surface area contributed by atoms with Crippen LogP contribution in [0.25, 0.3) is 12.2 Å². The lowest BCUT2D eigenvalue weighted by Gasteiger charge is -1.98. The third-order valence-electron chi connectivity index (χ3n) is 1.73. The normalized spacial score (nSPS) is 12.6. The minimum atomic E-state index is 0. The van der Waals surface area contributed by atoms with E-state index in [9.17, 15) is 0 Å². The number of hydrogen-bond donors (Lipinski definition) is 0. The Morgan fingerprint density at radius 2 is 1.69 bits per heavy atom. The van der Waals surface area contributed by atoms with Gasteiger partial charge in [-0.1, -0.05) is 36.4 Å². The Bertz CT molecular complexity index is 329. The third-order valence-corrected chi connectivity index (χ3v) is 1.73. The molecule has 0 radical (unpaired) electrons. The maximum Gasteiger partial charge on any atom is 0.0701 e. The van der Waals surface area contributed by atoms with E-state index in [1.165, 1.54) is 0 Å². The SMILES string of the molecule is C1=CC=Cc2ncccc2C=C1.I. The fraction of sp³-hybridized carbons (Fsp3) is 0. The number of aromatic nitrogens is 1. The number of rotatable bonds is 0. The molecule has 13 heavy (non-hydrogen) atoms. The lowest BCUT2D eigenvalue weighted by molar-refractivity contribution is 1.28. The van der Waals surface area contributed by atoms with E-state index in [2.05, 4.69) is 17.1 Å². The van der Waals surface area contributed by atoms with E-state index in [1.807, 2.05) is 42.6 Å². The predicted octanol–water partition coefficient (Wildman–Crippen LogP) is 3.30. The quantitative estimate of drug-likeness (QED) is 0.666. The van der Waals surface area contributed by atoms with Crippen LogP contribution in [0.5, 0.6) is 0 Å². The summed E-state index contributed by atoms with van der Waals surface area (Å²) in [5.41, 5.74) is 2.19. The van der Waals surface area contributed by atoms with Crippen molar-refractivity contribution >= 4 is 36.1 Å². The third kappa shape index (κ3) is 2.52. The molecule has 0 bridgehead atoms. The first kappa shape index (κ1) is 10.2. The lowest BCUT2D eigenvalue weighted by atomic mass is 10.1. The molecule has 1 nitrogen and oxygen atoms in total. The first-order valence-electron chi connectivity index (χ1n) is 3.93. The molecule has 0 fully saturated rings. The second-order valence-electron chi connectivity index (χ2n) is 2.58. The molecular weight excluding hydrogens is 273 g/mol. The monoisotopic (exact) mass is 283 g/mol. The number of nitrogens with zero attached hydrogens (tertiary/aromatic N) is 1. The summed E-state index contributed by atoms with van der Waals surface area (Å²) in [6.07, 6.45) is 13.9. The molecule has 0 spiro atoms. The molecule has 0 saturated carbocycles. The minimum absolute atomic E-state index is 0. The smallest absolute Gasteiger partial charge is 0.0701 e. The van der Waals surface area contributed by atoms with Gasteiger partial charge in [-0.25, -0.2) is 0 Å². The molecule has 0 saturated heterocycles. The molecule has 0 atom stereocenters. The van der Waals surface area contributed by atoms with E-state index in [4.69, 9.17) is 0 Å². The van der Waals surface area contributed by atoms with Gasteiger partial charge in [-0.05, 0) is 12.1 Å². The molecule has 0 N–H and O–H groups in total. The van der Waals surface area contributed by atoms with Gasteiger partial charge in [0, 0.05) is 11.8 Å². The zero-order valence-electron chi connectivity index (χ0n) is 7.05. The molecule has 1 aliphatic carbocycles. The van der Waals surface area contributed by atoms with Crippen LogP contribution in [0.4, 0.5) is 0 Å². The van der Waals surface area contributed by atoms with Crippen LogP contribution in [0.15, 0.2) is 42.6 Å². The highest BCUT2D eigenvalue weighted by Crippen LogP contribution is 2.11. The molecule has 0 aromatic carbocycles. The highest BCUT2D eigenvalue weighted by Gasteiger charge is 1.94. The van der Waals surface area contributed by atoms with E-state index in [0.717, 1.165) is 11.3 Å². The molecule has 2 rings (SSSR count). The van der Waals surface area contributed by atoms with Crippen LogP contribution in [0, 0.1) is 0 Å². The van der Waals surface area contributed by atoms with Crippen LogP contribution in [0.2, 0.25) is 0 Å². The van der Waals surface area contributed by atoms with Gasteiger partial charge in [0.1, 0.15) is 0 Å². The average molecular weight is 283 g/mol. The Labute approximate surface area is 94.9 Å². The topological polar surface area (TPSA) is 12.9 Å². The average Bonchev–Trinajstić information content (AvgIpc) is 2.06. The number of pyridine rings is 1. The number of hydrogen-bond acceptors (Lipinski definition) is 1. The number of allylic oxidation sites excluding steroid dienone is 4. The highest BCUT2D eigenvalue weighted by molar-refractivity contribution is 14.0. The van der Waals surface area contributed by atoms with Crippen LogP contribution in [0.1, 0.15) is 11.3 Å². The van der Waals surface area contributed by atoms with Gasteiger partial charge in [0.25, 0.3) is 0 Å². The van der Waals surface area contributed by atoms with Gasteiger partial charge in [0.2, 0.25) is 0 Å². The number of halogens is 1. The molecule has 0 aliphatic heterocycles. The van der Waals surface area contributed by atoms with E-state index >= 15 is 0 Å². The van der Waals surface area contributed by atoms with Crippen molar-refractivity contribution in [2.45, 2.75) is 0 Å². The summed E-state index contributed by atoms with van der Waals surface area (Å²) >= 11 is 0. The Balaban J connectivity index is 0.000000845. The van der Waals surface area contributed by atoms with Gasteiger partial charge in [0.05, 0.1) is 5.69 Å². The molecule has 0 unspecified atom stereocenters. The maximum atomic E-state index is 4.25. The second-order valence-corrected chi connectivity index (χ2v) is 2.58. The standard InChI is InChI=1S/C11H9N.HI/c1-2-4-8-11-10(6-3-1)7-5-9-12-11;/h1-9H;1H. The first-order chi connectivity index (χ1) is 5.97. The summed E-state index contributed by atoms with van der Waals surface area (Å²) in [7, 11) is 0. The first-order valence-corrected chi connectivity index (χ1v) is 3.93. The van der Waals surface area contributed by atoms with Crippen molar-refractivity contribution in [2.24, 2.45) is 0 Å². The van der Waals surface area contributed by atoms with Gasteiger partial charge in [0.15, 0.2) is 0 Å². The van der Waals surface area contributed by atoms with Crippen molar-refractivity contribution in [3.8, 4) is 0 Å². The fourth-order valence-corrected chi connectivity index (χ4v) is 1.14. The van der Waals surface area contributed by atoms with Crippen molar-refractivity contribution < 1.29 is 0 Å². The predicted molar refractivity (Wildman–Crippen MR) is 66.9 cm³/mol. The summed E-state index contributed by atoms with van der Waals surface area (Å²) in [4.78, 5) is 4.25. The van der Waals surface area contributed by atoms with Crippen molar-refractivity contribution in [2.75, 3.05) is 0 Å². The molecule has 0 amide bonds. The van der Waals surface area contributed by atoms with Crippen molar-refractivity contribution in [1.82, 2.24) is 4.98 Å². The second kappa shape index (κ2) is 4.97. The summed E-state index contributed by atoms with van der Waals surface area (Å²) in [5.74, 6) is 0. The molecule has 1 aromatic heterocycles. The van der Waals surface area contributed by atoms with Crippen molar-refractivity contribution in [3.63, 3.8) is 0 Å². The van der Waals surface area contributed by atoms with E-state index in [0.29, 0.717) is 0 Å². The fourth-order valence-electron chi connectivity index (χ4n) is 1.14. The van der Waals surface area contributed by atoms with Gasteiger partial charge >= 0.3 is 0 Å². The van der Waals surface area contributed by atoms with Crippen LogP contribution in [0.3, 0.4) is 0 Å². The van der Waals surface area contributed by atoms with E-state index < -0.39 is 0 Å². The summed E-state index contributed by atoms with van der Waals surface area (Å²) in [6.45, 7) is 0. The molecule has 1 aliphatic rings. The van der Waals surface area contributed by atoms with Gasteiger partial charge in [-0.15, -0.1) is 24.0 Å². The molecule has 1 heterocycles. The molecule has 2 heteroatoms. The molecular formula is C11H10IN. The van der Waals surface area contributed by atoms with E-state index in [-0.39, 0.29) is 24.0 Å². The Morgan fingerprint density at radius 3 is 2.54 bits per heavy atom. The molecule has 66 valence electrons. The van der Waals surface area contributed by atoms with Gasteiger partial charge < -0.3 is 0 Å². The number of fused-ring (bicyclic) bond motifs is 1. The Hall–Kier alpha value is -0.900. The maximum absolute atomic E-state index is 4.25. The van der Waals surface area contributed by atoms with Crippen LogP contribution >= 0.6 is 24.0 Å². The summed E-state index contributed by atoms with van der Waals surface area (Å²) < 4.78 is 0. The zero-order chi connectivity index (χ0) is 8.23. The van der Waals surface area contributed by atoms with Gasteiger partial charge in [-0.2, -0.15) is 0 Å². The largest absolute Gasteiger partial charge is 0.256 e. The zero-order valence-corrected chi connectivity index (χ0v) is 9.38. The van der Waals surface area contributed by atoms with Crippen molar-refractivity contribution in [3.05, 3.63) is 53.9 Å². The summed E-state index contributed by atoms with van der Waals surface area (Å²) in [5, 5.41) is 0. The highest BCUT2D eigenvalue weighted by atomic mass is 127. The minimum Gasteiger partial charge on any atom is -0.256 e. The van der Waals surface area contributed by atoms with E-state index in [1.54, 1.807) is 0 Å². The summed E-state index contributed by atoms with van der Waals surface area (Å²) in [6, 6.07) is 4.00. The van der Waals surface area contributed by atoms with Crippen molar-refractivity contribution in [1.29, 1.82) is 0 Å². The Morgan fingerprint density at radius 1 is 0.923 bits per heavy atom. The van der Waals surface area contributed by atoms with Crippen LogP contribution < -0.4 is 0 Å².